The molecule has 2 rings (SSSR count). The molecule has 0 radical (unpaired) electrons. The minimum absolute atomic E-state index is 0.234. The standard InChI is InChI=1S/C31H46N2O2/c1-4-6-8-10-11-12-13-14-16-26-34-30-22-18-28(19-23-30)32-33-29-20-24-31(25-21-29)35-27(3)17-15-9-7-5-2/h4,18-25,27H,1,5-17,26H2,2-3H3. The lowest BCUT2D eigenvalue weighted by atomic mass is 10.1. The largest absolute Gasteiger partial charge is 0.494 e. The van der Waals surface area contributed by atoms with E-state index in [2.05, 4.69) is 30.7 Å². The SMILES string of the molecule is C=CCCCCCCCCCOc1ccc(N=Nc2ccc(OC(C)CCCCCC)cc2)cc1. The Hall–Kier alpha value is -2.62. The van der Waals surface area contributed by atoms with Gasteiger partial charge in [0, 0.05) is 0 Å². The van der Waals surface area contributed by atoms with Gasteiger partial charge in [-0.25, -0.2) is 0 Å². The number of unbranched alkanes of at least 4 members (excludes halogenated alkanes) is 10. The van der Waals surface area contributed by atoms with E-state index >= 15 is 0 Å². The van der Waals surface area contributed by atoms with Gasteiger partial charge in [-0.3, -0.25) is 0 Å². The van der Waals surface area contributed by atoms with Crippen molar-refractivity contribution in [1.82, 2.24) is 0 Å². The van der Waals surface area contributed by atoms with Crippen LogP contribution in [0.15, 0.2) is 71.4 Å². The predicted molar refractivity (Wildman–Crippen MR) is 149 cm³/mol. The van der Waals surface area contributed by atoms with Crippen molar-refractivity contribution in [2.75, 3.05) is 6.61 Å². The summed E-state index contributed by atoms with van der Waals surface area (Å²) in [4.78, 5) is 0. The molecule has 0 aliphatic heterocycles. The molecule has 2 aromatic rings. The van der Waals surface area contributed by atoms with Crippen LogP contribution in [0.3, 0.4) is 0 Å². The Morgan fingerprint density at radius 3 is 1.86 bits per heavy atom. The number of hydrogen-bond acceptors (Lipinski definition) is 4. The van der Waals surface area contributed by atoms with E-state index in [1.807, 2.05) is 54.6 Å². The molecule has 0 saturated carbocycles. The maximum Gasteiger partial charge on any atom is 0.119 e. The summed E-state index contributed by atoms with van der Waals surface area (Å²) in [6.45, 7) is 8.92. The molecule has 2 aromatic carbocycles. The lowest BCUT2D eigenvalue weighted by Gasteiger charge is -2.14. The van der Waals surface area contributed by atoms with Crippen LogP contribution in [0.1, 0.15) is 97.3 Å². The fourth-order valence-electron chi connectivity index (χ4n) is 3.93. The maximum absolute atomic E-state index is 6.01. The van der Waals surface area contributed by atoms with Crippen molar-refractivity contribution in [3.8, 4) is 11.5 Å². The van der Waals surface area contributed by atoms with Gasteiger partial charge in [-0.1, -0.05) is 64.4 Å². The van der Waals surface area contributed by atoms with Gasteiger partial charge in [-0.15, -0.1) is 6.58 Å². The fraction of sp³-hybridized carbons (Fsp3) is 0.548. The molecule has 0 aliphatic carbocycles. The van der Waals surface area contributed by atoms with Gasteiger partial charge < -0.3 is 9.47 Å². The topological polar surface area (TPSA) is 43.2 Å². The number of azo groups is 1. The van der Waals surface area contributed by atoms with Crippen LogP contribution in [0.4, 0.5) is 11.4 Å². The molecule has 0 heterocycles. The molecule has 0 bridgehead atoms. The molecule has 0 amide bonds. The summed E-state index contributed by atoms with van der Waals surface area (Å²) in [6.07, 6.45) is 18.5. The van der Waals surface area contributed by atoms with E-state index in [0.717, 1.165) is 48.7 Å². The van der Waals surface area contributed by atoms with Crippen LogP contribution in [0.2, 0.25) is 0 Å². The second-order valence-corrected chi connectivity index (χ2v) is 9.37. The molecular formula is C31H46N2O2. The van der Waals surface area contributed by atoms with E-state index in [9.17, 15) is 0 Å². The normalized spacial score (nSPS) is 12.1. The highest BCUT2D eigenvalue weighted by Gasteiger charge is 2.04. The van der Waals surface area contributed by atoms with Gasteiger partial charge in [0.25, 0.3) is 0 Å². The first-order valence-electron chi connectivity index (χ1n) is 13.7. The predicted octanol–water partition coefficient (Wildman–Crippen LogP) is 10.5. The Balaban J connectivity index is 1.62. The number of hydrogen-bond donors (Lipinski definition) is 0. The number of allylic oxidation sites excluding steroid dienone is 1. The summed E-state index contributed by atoms with van der Waals surface area (Å²) in [5.74, 6) is 1.77. The number of rotatable bonds is 20. The summed E-state index contributed by atoms with van der Waals surface area (Å²) < 4.78 is 11.9. The maximum atomic E-state index is 6.01. The van der Waals surface area contributed by atoms with Gasteiger partial charge in [-0.2, -0.15) is 10.2 Å². The summed E-state index contributed by atoms with van der Waals surface area (Å²) in [6, 6.07) is 15.6. The van der Waals surface area contributed by atoms with Crippen LogP contribution in [0.5, 0.6) is 11.5 Å². The second kappa shape index (κ2) is 18.7. The number of benzene rings is 2. The van der Waals surface area contributed by atoms with Gasteiger partial charge in [0.1, 0.15) is 11.5 Å². The third kappa shape index (κ3) is 13.8. The Morgan fingerprint density at radius 2 is 1.26 bits per heavy atom. The molecule has 192 valence electrons. The van der Waals surface area contributed by atoms with Crippen LogP contribution in [-0.4, -0.2) is 12.7 Å². The average molecular weight is 479 g/mol. The van der Waals surface area contributed by atoms with Crippen LogP contribution >= 0.6 is 0 Å². The molecule has 0 saturated heterocycles. The second-order valence-electron chi connectivity index (χ2n) is 9.37. The van der Waals surface area contributed by atoms with E-state index in [1.54, 1.807) is 0 Å². The van der Waals surface area contributed by atoms with Crippen LogP contribution in [0.25, 0.3) is 0 Å². The summed E-state index contributed by atoms with van der Waals surface area (Å²) in [5, 5.41) is 8.69. The summed E-state index contributed by atoms with van der Waals surface area (Å²) >= 11 is 0. The summed E-state index contributed by atoms with van der Waals surface area (Å²) in [7, 11) is 0. The van der Waals surface area contributed by atoms with Crippen molar-refractivity contribution in [3.05, 3.63) is 61.2 Å². The Bertz CT molecular complexity index is 815. The Labute approximate surface area is 213 Å². The lowest BCUT2D eigenvalue weighted by molar-refractivity contribution is 0.206. The molecule has 4 nitrogen and oxygen atoms in total. The summed E-state index contributed by atoms with van der Waals surface area (Å²) in [5.41, 5.74) is 1.63. The van der Waals surface area contributed by atoms with Crippen LogP contribution in [-0.2, 0) is 0 Å². The fourth-order valence-corrected chi connectivity index (χ4v) is 3.93. The van der Waals surface area contributed by atoms with E-state index in [0.29, 0.717) is 0 Å². The van der Waals surface area contributed by atoms with Crippen molar-refractivity contribution in [2.24, 2.45) is 10.2 Å². The molecule has 0 fully saturated rings. The zero-order valence-corrected chi connectivity index (χ0v) is 22.1. The van der Waals surface area contributed by atoms with Gasteiger partial charge >= 0.3 is 0 Å². The van der Waals surface area contributed by atoms with E-state index in [1.165, 1.54) is 64.2 Å². The minimum atomic E-state index is 0.234. The zero-order valence-electron chi connectivity index (χ0n) is 22.1. The van der Waals surface area contributed by atoms with E-state index in [4.69, 9.17) is 9.47 Å². The van der Waals surface area contributed by atoms with Crippen molar-refractivity contribution in [2.45, 2.75) is 103 Å². The smallest absolute Gasteiger partial charge is 0.119 e. The quantitative estimate of drug-likeness (QED) is 0.108. The highest BCUT2D eigenvalue weighted by Crippen LogP contribution is 2.24. The average Bonchev–Trinajstić information content (AvgIpc) is 2.88. The van der Waals surface area contributed by atoms with Crippen molar-refractivity contribution in [3.63, 3.8) is 0 Å². The molecule has 0 aliphatic rings. The Kier molecular flexibility index (Phi) is 15.3. The van der Waals surface area contributed by atoms with E-state index in [-0.39, 0.29) is 6.10 Å². The van der Waals surface area contributed by atoms with Crippen LogP contribution < -0.4 is 9.47 Å². The zero-order chi connectivity index (χ0) is 25.0. The molecule has 1 unspecified atom stereocenters. The number of nitrogens with zero attached hydrogens (tertiary/aromatic N) is 2. The van der Waals surface area contributed by atoms with Gasteiger partial charge in [0.2, 0.25) is 0 Å². The van der Waals surface area contributed by atoms with Gasteiger partial charge in [0.05, 0.1) is 24.1 Å². The highest BCUT2D eigenvalue weighted by atomic mass is 16.5. The first kappa shape index (κ1) is 28.6. The molecule has 35 heavy (non-hydrogen) atoms. The monoisotopic (exact) mass is 478 g/mol. The number of ether oxygens (including phenoxy) is 2. The third-order valence-corrected chi connectivity index (χ3v) is 6.08. The van der Waals surface area contributed by atoms with Crippen molar-refractivity contribution < 1.29 is 9.47 Å². The van der Waals surface area contributed by atoms with Crippen molar-refractivity contribution in [1.29, 1.82) is 0 Å². The van der Waals surface area contributed by atoms with Gasteiger partial charge in [0.15, 0.2) is 0 Å². The molecule has 0 spiro atoms. The van der Waals surface area contributed by atoms with E-state index < -0.39 is 0 Å². The minimum Gasteiger partial charge on any atom is -0.494 e. The third-order valence-electron chi connectivity index (χ3n) is 6.08. The van der Waals surface area contributed by atoms with Crippen molar-refractivity contribution >= 4 is 11.4 Å². The lowest BCUT2D eigenvalue weighted by Crippen LogP contribution is -2.11. The first-order chi connectivity index (χ1) is 17.2. The molecule has 0 aromatic heterocycles. The van der Waals surface area contributed by atoms with Gasteiger partial charge in [-0.05, 0) is 87.6 Å². The first-order valence-corrected chi connectivity index (χ1v) is 13.7. The highest BCUT2D eigenvalue weighted by molar-refractivity contribution is 5.44. The molecule has 4 heteroatoms. The van der Waals surface area contributed by atoms with Crippen LogP contribution in [0, 0.1) is 0 Å². The molecular weight excluding hydrogens is 432 g/mol. The molecule has 1 atom stereocenters. The Morgan fingerprint density at radius 1 is 0.714 bits per heavy atom. The molecule has 0 N–H and O–H groups in total.